The number of rotatable bonds is 3. The third-order valence-electron chi connectivity index (χ3n) is 4.10. The van der Waals surface area contributed by atoms with Gasteiger partial charge in [0.25, 0.3) is 0 Å². The van der Waals surface area contributed by atoms with Crippen molar-refractivity contribution in [3.05, 3.63) is 59.7 Å². The molecule has 2 aromatic carbocycles. The van der Waals surface area contributed by atoms with Gasteiger partial charge < -0.3 is 16.4 Å². The van der Waals surface area contributed by atoms with Crippen LogP contribution in [0.4, 0.5) is 0 Å². The van der Waals surface area contributed by atoms with E-state index in [4.69, 9.17) is 11.5 Å². The van der Waals surface area contributed by atoms with Crippen LogP contribution in [0.5, 0.6) is 0 Å². The van der Waals surface area contributed by atoms with Gasteiger partial charge in [0, 0.05) is 13.1 Å². The van der Waals surface area contributed by atoms with E-state index >= 15 is 0 Å². The highest BCUT2D eigenvalue weighted by molar-refractivity contribution is 5.88. The van der Waals surface area contributed by atoms with Crippen LogP contribution in [-0.4, -0.2) is 22.8 Å². The molecule has 0 saturated carbocycles. The Kier molecular flexibility index (Phi) is 5.59. The molecule has 5 nitrogen and oxygen atoms in total. The maximum atomic E-state index is 12.6. The minimum atomic E-state index is -0.898. The number of nitrogens with zero attached hydrogens (tertiary/aromatic N) is 1. The number of amides is 2. The number of benzene rings is 2. The zero-order valence-electron chi connectivity index (χ0n) is 13.1. The summed E-state index contributed by atoms with van der Waals surface area (Å²) in [6.45, 7) is 0.937. The quantitative estimate of drug-likeness (QED) is 0.889. The third-order valence-corrected chi connectivity index (χ3v) is 4.10. The fourth-order valence-electron chi connectivity index (χ4n) is 3.00. The van der Waals surface area contributed by atoms with Crippen molar-refractivity contribution in [1.82, 2.24) is 4.90 Å². The summed E-state index contributed by atoms with van der Waals surface area (Å²) in [5.74, 6) is -0.822. The molecule has 24 heavy (non-hydrogen) atoms. The van der Waals surface area contributed by atoms with E-state index in [-0.39, 0.29) is 24.7 Å². The monoisotopic (exact) mass is 345 g/mol. The minimum Gasteiger partial charge on any atom is -0.370 e. The van der Waals surface area contributed by atoms with Crippen LogP contribution in [0, 0.1) is 0 Å². The molecule has 0 aromatic heterocycles. The number of hydrogen-bond acceptors (Lipinski definition) is 3. The number of primary amides is 1. The van der Waals surface area contributed by atoms with Gasteiger partial charge in [-0.2, -0.15) is 0 Å². The number of halogens is 1. The second-order valence-corrected chi connectivity index (χ2v) is 5.79. The van der Waals surface area contributed by atoms with E-state index in [1.54, 1.807) is 4.90 Å². The lowest BCUT2D eigenvalue weighted by Gasteiger charge is -2.24. The Morgan fingerprint density at radius 3 is 1.88 bits per heavy atom. The average Bonchev–Trinajstić information content (AvgIpc) is 2.70. The van der Waals surface area contributed by atoms with Crippen molar-refractivity contribution < 1.29 is 9.59 Å². The molecule has 0 radical (unpaired) electrons. The lowest BCUT2D eigenvalue weighted by molar-refractivity contribution is -0.135. The normalized spacial score (nSPS) is 13.8. The van der Waals surface area contributed by atoms with Crippen molar-refractivity contribution in [2.45, 2.75) is 25.6 Å². The summed E-state index contributed by atoms with van der Waals surface area (Å²) in [7, 11) is 0. The molecule has 2 amide bonds. The molecule has 1 aliphatic rings. The van der Waals surface area contributed by atoms with Gasteiger partial charge in [0.05, 0.1) is 12.5 Å². The predicted molar refractivity (Wildman–Crippen MR) is 95.2 cm³/mol. The summed E-state index contributed by atoms with van der Waals surface area (Å²) in [4.78, 5) is 25.3. The third kappa shape index (κ3) is 3.58. The van der Waals surface area contributed by atoms with Crippen molar-refractivity contribution >= 4 is 24.2 Å². The first-order chi connectivity index (χ1) is 11.1. The number of carbonyl (C=O) groups excluding carboxylic acids is 2. The highest BCUT2D eigenvalue weighted by atomic mass is 35.5. The fourth-order valence-corrected chi connectivity index (χ4v) is 3.00. The van der Waals surface area contributed by atoms with Crippen molar-refractivity contribution in [2.24, 2.45) is 11.5 Å². The van der Waals surface area contributed by atoms with Gasteiger partial charge in [-0.3, -0.25) is 9.59 Å². The molecular weight excluding hydrogens is 326 g/mol. The lowest BCUT2D eigenvalue weighted by atomic mass is 9.97. The highest BCUT2D eigenvalue weighted by Gasteiger charge is 2.26. The van der Waals surface area contributed by atoms with Gasteiger partial charge in [-0.05, 0) is 22.3 Å². The zero-order chi connectivity index (χ0) is 16.4. The van der Waals surface area contributed by atoms with Gasteiger partial charge in [-0.25, -0.2) is 0 Å². The second kappa shape index (κ2) is 7.47. The number of hydrogen-bond donors (Lipinski definition) is 2. The van der Waals surface area contributed by atoms with Crippen molar-refractivity contribution in [1.29, 1.82) is 0 Å². The zero-order valence-corrected chi connectivity index (χ0v) is 14.0. The van der Waals surface area contributed by atoms with Crippen LogP contribution in [0.1, 0.15) is 17.5 Å². The summed E-state index contributed by atoms with van der Waals surface area (Å²) in [6.07, 6.45) is -0.140. The van der Waals surface area contributed by atoms with Gasteiger partial charge in [0.2, 0.25) is 11.8 Å². The van der Waals surface area contributed by atoms with Gasteiger partial charge in [-0.15, -0.1) is 12.4 Å². The Labute approximate surface area is 147 Å². The Balaban J connectivity index is 0.00000208. The van der Waals surface area contributed by atoms with Crippen LogP contribution in [-0.2, 0) is 22.7 Å². The van der Waals surface area contributed by atoms with E-state index in [9.17, 15) is 9.59 Å². The summed E-state index contributed by atoms with van der Waals surface area (Å²) in [5.41, 5.74) is 15.4. The minimum absolute atomic E-state index is 0. The SMILES string of the molecule is Cl.NC(=O)CC(N)C(=O)N1Cc2ccccc2-c2ccccc2C1. The van der Waals surface area contributed by atoms with E-state index in [2.05, 4.69) is 12.1 Å². The molecule has 1 unspecified atom stereocenters. The first kappa shape index (κ1) is 18.0. The highest BCUT2D eigenvalue weighted by Crippen LogP contribution is 2.32. The Bertz CT molecular complexity index is 716. The first-order valence-corrected chi connectivity index (χ1v) is 7.55. The number of fused-ring (bicyclic) bond motifs is 3. The Morgan fingerprint density at radius 1 is 0.958 bits per heavy atom. The standard InChI is InChI=1S/C18H19N3O2.ClH/c19-16(9-17(20)22)18(23)21-10-12-5-1-3-7-14(12)15-8-4-2-6-13(15)11-21;/h1-8,16H,9-11,19H2,(H2,20,22);1H. The Hall–Kier alpha value is -2.37. The van der Waals surface area contributed by atoms with Gasteiger partial charge in [-0.1, -0.05) is 48.5 Å². The van der Waals surface area contributed by atoms with Gasteiger partial charge in [0.1, 0.15) is 0 Å². The molecule has 0 spiro atoms. The van der Waals surface area contributed by atoms with Crippen LogP contribution in [0.25, 0.3) is 11.1 Å². The molecule has 0 fully saturated rings. The molecule has 6 heteroatoms. The molecule has 1 atom stereocenters. The topological polar surface area (TPSA) is 89.4 Å². The molecule has 1 heterocycles. The van der Waals surface area contributed by atoms with Gasteiger partial charge in [0.15, 0.2) is 0 Å². The number of carbonyl (C=O) groups is 2. The van der Waals surface area contributed by atoms with Crippen LogP contribution in [0.2, 0.25) is 0 Å². The molecule has 1 aliphatic heterocycles. The molecule has 0 aliphatic carbocycles. The smallest absolute Gasteiger partial charge is 0.240 e. The number of nitrogens with two attached hydrogens (primary N) is 2. The largest absolute Gasteiger partial charge is 0.370 e. The fraction of sp³-hybridized carbons (Fsp3) is 0.222. The van der Waals surface area contributed by atoms with Crippen LogP contribution < -0.4 is 11.5 Å². The maximum Gasteiger partial charge on any atom is 0.240 e. The van der Waals surface area contributed by atoms with Crippen molar-refractivity contribution in [3.63, 3.8) is 0 Å². The second-order valence-electron chi connectivity index (χ2n) is 5.79. The maximum absolute atomic E-state index is 12.6. The van der Waals surface area contributed by atoms with Crippen LogP contribution in [0.15, 0.2) is 48.5 Å². The summed E-state index contributed by atoms with van der Waals surface area (Å²) >= 11 is 0. The molecular formula is C18H20ClN3O2. The van der Waals surface area contributed by atoms with E-state index in [0.29, 0.717) is 13.1 Å². The first-order valence-electron chi connectivity index (χ1n) is 7.55. The molecule has 126 valence electrons. The molecule has 0 saturated heterocycles. The molecule has 4 N–H and O–H groups in total. The molecule has 0 bridgehead atoms. The van der Waals surface area contributed by atoms with E-state index in [1.807, 2.05) is 36.4 Å². The molecule has 3 rings (SSSR count). The van der Waals surface area contributed by atoms with E-state index < -0.39 is 11.9 Å². The summed E-state index contributed by atoms with van der Waals surface area (Å²) in [5, 5.41) is 0. The summed E-state index contributed by atoms with van der Waals surface area (Å²) in [6, 6.07) is 15.1. The van der Waals surface area contributed by atoms with Crippen molar-refractivity contribution in [3.8, 4) is 11.1 Å². The summed E-state index contributed by atoms with van der Waals surface area (Å²) < 4.78 is 0. The van der Waals surface area contributed by atoms with Crippen LogP contribution in [0.3, 0.4) is 0 Å². The van der Waals surface area contributed by atoms with Gasteiger partial charge >= 0.3 is 0 Å². The predicted octanol–water partition coefficient (Wildman–Crippen LogP) is 1.82. The van der Waals surface area contributed by atoms with Crippen molar-refractivity contribution in [2.75, 3.05) is 0 Å². The van der Waals surface area contributed by atoms with Crippen LogP contribution >= 0.6 is 12.4 Å². The molecule has 2 aromatic rings. The lowest BCUT2D eigenvalue weighted by Crippen LogP contribution is -2.44. The van der Waals surface area contributed by atoms with E-state index in [1.165, 1.54) is 0 Å². The average molecular weight is 346 g/mol. The Morgan fingerprint density at radius 2 is 1.42 bits per heavy atom. The van der Waals surface area contributed by atoms with E-state index in [0.717, 1.165) is 22.3 Å².